The van der Waals surface area contributed by atoms with Crippen LogP contribution in [0.4, 0.5) is 0 Å². The van der Waals surface area contributed by atoms with Crippen LogP contribution < -0.4 is 5.32 Å². The molecule has 3 heterocycles. The first-order chi connectivity index (χ1) is 12.9. The van der Waals surface area contributed by atoms with Gasteiger partial charge in [0.15, 0.2) is 11.8 Å². The Kier molecular flexibility index (Phi) is 8.75. The summed E-state index contributed by atoms with van der Waals surface area (Å²) in [6.45, 7) is 4.78. The highest BCUT2D eigenvalue weighted by Crippen LogP contribution is 2.15. The summed E-state index contributed by atoms with van der Waals surface area (Å²) in [5.74, 6) is 2.57. The maximum absolute atomic E-state index is 5.74. The Bertz CT molecular complexity index is 798. The van der Waals surface area contributed by atoms with E-state index < -0.39 is 0 Å². The maximum Gasteiger partial charge on any atom is 0.194 e. The highest BCUT2D eigenvalue weighted by molar-refractivity contribution is 14.0. The van der Waals surface area contributed by atoms with Gasteiger partial charge in [0.05, 0.1) is 12.6 Å². The lowest BCUT2D eigenvalue weighted by molar-refractivity contribution is 0.113. The van der Waals surface area contributed by atoms with Gasteiger partial charge in [0.2, 0.25) is 0 Å². The SMILES string of the molecule is Cc1nnc(CN=C(NCC2CCCO2)N(C)Cc2cc(Br)cn2C)n1C.I. The monoisotopic (exact) mass is 565 g/mol. The van der Waals surface area contributed by atoms with Crippen molar-refractivity contribution in [2.24, 2.45) is 19.1 Å². The van der Waals surface area contributed by atoms with Crippen molar-refractivity contribution in [2.75, 3.05) is 20.2 Å². The topological polar surface area (TPSA) is 72.5 Å². The highest BCUT2D eigenvalue weighted by atomic mass is 127. The number of halogens is 2. The first kappa shape index (κ1) is 23.1. The van der Waals surface area contributed by atoms with Gasteiger partial charge in [-0.05, 0) is 41.8 Å². The van der Waals surface area contributed by atoms with Crippen molar-refractivity contribution < 1.29 is 4.74 Å². The summed E-state index contributed by atoms with van der Waals surface area (Å²) in [6, 6.07) is 2.13. The van der Waals surface area contributed by atoms with E-state index >= 15 is 0 Å². The zero-order valence-corrected chi connectivity index (χ0v) is 20.8. The summed E-state index contributed by atoms with van der Waals surface area (Å²) in [5.41, 5.74) is 1.20. The number of rotatable bonds is 6. The molecule has 1 aliphatic heterocycles. The summed E-state index contributed by atoms with van der Waals surface area (Å²) in [6.07, 6.45) is 4.54. The second kappa shape index (κ2) is 10.6. The van der Waals surface area contributed by atoms with Crippen LogP contribution in [-0.4, -0.2) is 56.5 Å². The van der Waals surface area contributed by atoms with Gasteiger partial charge in [0, 0.05) is 50.7 Å². The fourth-order valence-electron chi connectivity index (χ4n) is 3.10. The molecule has 8 nitrogen and oxygen atoms in total. The molecule has 2 aromatic heterocycles. The van der Waals surface area contributed by atoms with E-state index in [-0.39, 0.29) is 30.1 Å². The Morgan fingerprint density at radius 3 is 2.79 bits per heavy atom. The molecule has 10 heteroatoms. The van der Waals surface area contributed by atoms with Gasteiger partial charge in [0.1, 0.15) is 12.4 Å². The van der Waals surface area contributed by atoms with Crippen molar-refractivity contribution >= 4 is 45.9 Å². The number of aliphatic imine (C=N–C) groups is 1. The molecular formula is C18H29BrIN7O. The van der Waals surface area contributed by atoms with Crippen LogP contribution in [0.1, 0.15) is 30.2 Å². The van der Waals surface area contributed by atoms with Gasteiger partial charge in [-0.15, -0.1) is 34.2 Å². The van der Waals surface area contributed by atoms with Crippen LogP contribution in [0.2, 0.25) is 0 Å². The Morgan fingerprint density at radius 1 is 1.43 bits per heavy atom. The van der Waals surface area contributed by atoms with Crippen LogP contribution in [0.5, 0.6) is 0 Å². The molecule has 28 heavy (non-hydrogen) atoms. The Labute approximate surface area is 191 Å². The third-order valence-electron chi connectivity index (χ3n) is 4.90. The van der Waals surface area contributed by atoms with Gasteiger partial charge in [0.25, 0.3) is 0 Å². The molecule has 1 N–H and O–H groups in total. The molecule has 1 fully saturated rings. The minimum absolute atomic E-state index is 0. The van der Waals surface area contributed by atoms with E-state index in [1.54, 1.807) is 0 Å². The van der Waals surface area contributed by atoms with E-state index in [0.717, 1.165) is 54.6 Å². The largest absolute Gasteiger partial charge is 0.376 e. The summed E-state index contributed by atoms with van der Waals surface area (Å²) in [5, 5.41) is 11.8. The van der Waals surface area contributed by atoms with Gasteiger partial charge in [-0.3, -0.25) is 0 Å². The Hall–Kier alpha value is -1.14. The summed E-state index contributed by atoms with van der Waals surface area (Å²) >= 11 is 3.54. The molecule has 0 aromatic carbocycles. The molecule has 1 aliphatic rings. The van der Waals surface area contributed by atoms with Gasteiger partial charge in [-0.25, -0.2) is 4.99 Å². The average Bonchev–Trinajstić information content (AvgIpc) is 3.33. The molecule has 1 atom stereocenters. The van der Waals surface area contributed by atoms with Crippen molar-refractivity contribution in [3.63, 3.8) is 0 Å². The van der Waals surface area contributed by atoms with Crippen molar-refractivity contribution in [1.29, 1.82) is 0 Å². The smallest absolute Gasteiger partial charge is 0.194 e. The minimum Gasteiger partial charge on any atom is -0.376 e. The predicted molar refractivity (Wildman–Crippen MR) is 124 cm³/mol. The lowest BCUT2D eigenvalue weighted by atomic mass is 10.2. The number of nitrogens with one attached hydrogen (secondary N) is 1. The van der Waals surface area contributed by atoms with Crippen LogP contribution in [0.3, 0.4) is 0 Å². The number of ether oxygens (including phenoxy) is 1. The molecule has 156 valence electrons. The molecule has 1 unspecified atom stereocenters. The van der Waals surface area contributed by atoms with Crippen LogP contribution in [-0.2, 0) is 31.9 Å². The minimum atomic E-state index is 0. The summed E-state index contributed by atoms with van der Waals surface area (Å²) < 4.78 is 10.9. The second-order valence-electron chi connectivity index (χ2n) is 6.99. The van der Waals surface area contributed by atoms with Crippen molar-refractivity contribution in [3.05, 3.63) is 34.1 Å². The Morgan fingerprint density at radius 2 is 2.21 bits per heavy atom. The van der Waals surface area contributed by atoms with Crippen LogP contribution in [0, 0.1) is 6.92 Å². The van der Waals surface area contributed by atoms with E-state index in [2.05, 4.69) is 53.2 Å². The predicted octanol–water partition coefficient (Wildman–Crippen LogP) is 2.60. The molecule has 3 rings (SSSR count). The fraction of sp³-hybridized carbons (Fsp3) is 0.611. The van der Waals surface area contributed by atoms with Crippen molar-refractivity contribution in [2.45, 2.75) is 39.0 Å². The maximum atomic E-state index is 5.74. The molecule has 0 amide bonds. The van der Waals surface area contributed by atoms with Crippen molar-refractivity contribution in [3.8, 4) is 0 Å². The summed E-state index contributed by atoms with van der Waals surface area (Å²) in [4.78, 5) is 6.92. The number of aryl methyl sites for hydroxylation is 2. The second-order valence-corrected chi connectivity index (χ2v) is 7.91. The quantitative estimate of drug-likeness (QED) is 0.331. The first-order valence-electron chi connectivity index (χ1n) is 9.20. The van der Waals surface area contributed by atoms with Crippen molar-refractivity contribution in [1.82, 2.24) is 29.5 Å². The van der Waals surface area contributed by atoms with Crippen LogP contribution in [0.25, 0.3) is 0 Å². The highest BCUT2D eigenvalue weighted by Gasteiger charge is 2.17. The molecule has 0 bridgehead atoms. The lowest BCUT2D eigenvalue weighted by Crippen LogP contribution is -2.42. The van der Waals surface area contributed by atoms with Gasteiger partial charge >= 0.3 is 0 Å². The van der Waals surface area contributed by atoms with Crippen LogP contribution in [0.15, 0.2) is 21.7 Å². The van der Waals surface area contributed by atoms with Gasteiger partial charge < -0.3 is 24.1 Å². The number of nitrogens with zero attached hydrogens (tertiary/aromatic N) is 6. The summed E-state index contributed by atoms with van der Waals surface area (Å²) in [7, 11) is 6.06. The number of hydrogen-bond acceptors (Lipinski definition) is 4. The number of aromatic nitrogens is 4. The molecule has 0 saturated carbocycles. The van der Waals surface area contributed by atoms with E-state index in [9.17, 15) is 0 Å². The third-order valence-corrected chi connectivity index (χ3v) is 5.33. The molecule has 1 saturated heterocycles. The number of hydrogen-bond donors (Lipinski definition) is 1. The standard InChI is InChI=1S/C18H28BrN7O.HI/c1-13-22-23-17(26(13)4)10-21-18(20-9-16-6-5-7-27-16)25(3)12-15-8-14(19)11-24(15)2;/h8,11,16H,5-7,9-10,12H2,1-4H3,(H,20,21);1H. The normalized spacial score (nSPS) is 16.9. The molecule has 0 spiro atoms. The fourth-order valence-corrected chi connectivity index (χ4v) is 3.67. The molecule has 2 aromatic rings. The van der Waals surface area contributed by atoms with Crippen LogP contribution >= 0.6 is 39.9 Å². The first-order valence-corrected chi connectivity index (χ1v) is 10.00. The molecular weight excluding hydrogens is 537 g/mol. The van der Waals surface area contributed by atoms with Gasteiger partial charge in [-0.1, -0.05) is 0 Å². The zero-order valence-electron chi connectivity index (χ0n) is 16.9. The van der Waals surface area contributed by atoms with Gasteiger partial charge in [-0.2, -0.15) is 0 Å². The van der Waals surface area contributed by atoms with E-state index in [1.165, 1.54) is 5.69 Å². The number of guanidine groups is 1. The average molecular weight is 566 g/mol. The molecule has 0 aliphatic carbocycles. The lowest BCUT2D eigenvalue weighted by Gasteiger charge is -2.24. The zero-order chi connectivity index (χ0) is 19.4. The third kappa shape index (κ3) is 5.93. The molecule has 0 radical (unpaired) electrons. The Balaban J connectivity index is 0.00000280. The van der Waals surface area contributed by atoms with E-state index in [0.29, 0.717) is 6.54 Å². The van der Waals surface area contributed by atoms with E-state index in [1.807, 2.05) is 32.6 Å². The van der Waals surface area contributed by atoms with E-state index in [4.69, 9.17) is 9.73 Å².